The lowest BCUT2D eigenvalue weighted by Gasteiger charge is -2.35. The smallest absolute Gasteiger partial charge is 0.341 e. The molecule has 2 heterocycles. The molecule has 0 aromatic rings. The molecular formula is C22H26O8. The van der Waals surface area contributed by atoms with Crippen molar-refractivity contribution in [2.45, 2.75) is 76.7 Å². The zero-order valence-corrected chi connectivity index (χ0v) is 17.7. The van der Waals surface area contributed by atoms with Crippen LogP contribution in [0.25, 0.3) is 0 Å². The van der Waals surface area contributed by atoms with Gasteiger partial charge < -0.3 is 24.1 Å². The summed E-state index contributed by atoms with van der Waals surface area (Å²) in [6.07, 6.45) is -1.21. The second kappa shape index (κ2) is 6.52. The van der Waals surface area contributed by atoms with Crippen molar-refractivity contribution in [3.8, 4) is 0 Å². The first-order chi connectivity index (χ1) is 13.9. The Hall–Kier alpha value is -2.45. The molecule has 30 heavy (non-hydrogen) atoms. The van der Waals surface area contributed by atoms with Crippen molar-refractivity contribution in [2.24, 2.45) is 5.92 Å². The van der Waals surface area contributed by atoms with Gasteiger partial charge in [0.2, 0.25) is 0 Å². The summed E-state index contributed by atoms with van der Waals surface area (Å²) < 4.78 is 22.3. The van der Waals surface area contributed by atoms with E-state index in [0.717, 1.165) is 0 Å². The van der Waals surface area contributed by atoms with Crippen LogP contribution in [0.3, 0.4) is 0 Å². The molecule has 8 heteroatoms. The molecule has 162 valence electrons. The maximum Gasteiger partial charge on any atom is 0.341 e. The van der Waals surface area contributed by atoms with E-state index < -0.39 is 53.3 Å². The second-order valence-corrected chi connectivity index (χ2v) is 8.66. The third-order valence-corrected chi connectivity index (χ3v) is 6.95. The van der Waals surface area contributed by atoms with Gasteiger partial charge in [-0.3, -0.25) is 4.79 Å². The summed E-state index contributed by atoms with van der Waals surface area (Å²) in [4.78, 5) is 37.2. The fourth-order valence-corrected chi connectivity index (χ4v) is 4.83. The number of ether oxygens (including phenoxy) is 4. The van der Waals surface area contributed by atoms with E-state index in [1.165, 1.54) is 6.92 Å². The molecule has 8 nitrogen and oxygen atoms in total. The molecule has 0 aromatic heterocycles. The van der Waals surface area contributed by atoms with Crippen molar-refractivity contribution >= 4 is 17.9 Å². The summed E-state index contributed by atoms with van der Waals surface area (Å²) in [7, 11) is 0. The van der Waals surface area contributed by atoms with E-state index >= 15 is 0 Å². The van der Waals surface area contributed by atoms with E-state index in [1.807, 2.05) is 6.08 Å². The number of carbonyl (C=O) groups excluding carboxylic acids is 3. The van der Waals surface area contributed by atoms with Crippen LogP contribution < -0.4 is 0 Å². The van der Waals surface area contributed by atoms with Gasteiger partial charge in [0.05, 0.1) is 12.0 Å². The third kappa shape index (κ3) is 2.70. The van der Waals surface area contributed by atoms with Gasteiger partial charge in [-0.1, -0.05) is 12.7 Å². The van der Waals surface area contributed by atoms with E-state index in [1.54, 1.807) is 27.7 Å². The first-order valence-corrected chi connectivity index (χ1v) is 9.98. The lowest BCUT2D eigenvalue weighted by atomic mass is 9.78. The molecule has 0 aromatic carbocycles. The summed E-state index contributed by atoms with van der Waals surface area (Å²) in [5.74, 6) is -2.77. The highest BCUT2D eigenvalue weighted by atomic mass is 16.7. The van der Waals surface area contributed by atoms with Crippen molar-refractivity contribution in [1.29, 1.82) is 0 Å². The third-order valence-electron chi connectivity index (χ3n) is 6.95. The van der Waals surface area contributed by atoms with Crippen LogP contribution in [0.4, 0.5) is 0 Å². The first-order valence-electron chi connectivity index (χ1n) is 9.98. The minimum absolute atomic E-state index is 0.0664. The Labute approximate surface area is 174 Å². The van der Waals surface area contributed by atoms with Crippen LogP contribution in [0.5, 0.6) is 0 Å². The fourth-order valence-electron chi connectivity index (χ4n) is 4.83. The van der Waals surface area contributed by atoms with Crippen molar-refractivity contribution in [2.75, 3.05) is 0 Å². The number of allylic oxidation sites excluding steroid dienone is 1. The largest absolute Gasteiger partial charge is 0.457 e. The topological polar surface area (TPSA) is 112 Å². The molecular weight excluding hydrogens is 392 g/mol. The Morgan fingerprint density at radius 2 is 1.93 bits per heavy atom. The molecule has 0 saturated carbocycles. The van der Waals surface area contributed by atoms with Crippen LogP contribution in [-0.4, -0.2) is 58.6 Å². The van der Waals surface area contributed by atoms with Crippen molar-refractivity contribution in [3.05, 3.63) is 34.9 Å². The standard InChI is InChI=1S/C22H26O8/c1-9-7-8-14-10(2)16(28-20(25)21(6)12(4)30-21)17(27-13(5)23)15-11(3)19(24)29-18(15)22(9,14)26/h7,12,15-18,26H,3,8H2,1-2,4-6H3. The summed E-state index contributed by atoms with van der Waals surface area (Å²) in [5, 5.41) is 11.7. The molecule has 2 aliphatic carbocycles. The van der Waals surface area contributed by atoms with Crippen LogP contribution in [0, 0.1) is 5.92 Å². The van der Waals surface area contributed by atoms with E-state index in [9.17, 15) is 19.5 Å². The number of fused-ring (bicyclic) bond motifs is 3. The number of hydrogen-bond donors (Lipinski definition) is 1. The molecule has 4 aliphatic rings. The maximum absolute atomic E-state index is 12.9. The molecule has 1 N–H and O–H groups in total. The van der Waals surface area contributed by atoms with Crippen molar-refractivity contribution in [3.63, 3.8) is 0 Å². The average Bonchev–Trinajstić information content (AvgIpc) is 3.04. The van der Waals surface area contributed by atoms with Gasteiger partial charge in [-0.05, 0) is 50.8 Å². The van der Waals surface area contributed by atoms with Crippen LogP contribution in [-0.2, 0) is 33.3 Å². The molecule has 0 amide bonds. The second-order valence-electron chi connectivity index (χ2n) is 8.66. The maximum atomic E-state index is 12.9. The number of aliphatic hydroxyl groups is 1. The molecule has 2 aliphatic heterocycles. The van der Waals surface area contributed by atoms with Gasteiger partial charge in [-0.15, -0.1) is 0 Å². The van der Waals surface area contributed by atoms with Crippen LogP contribution in [0.2, 0.25) is 0 Å². The Bertz CT molecular complexity index is 929. The molecule has 2 saturated heterocycles. The first kappa shape index (κ1) is 20.8. The molecule has 0 bridgehead atoms. The van der Waals surface area contributed by atoms with Crippen molar-refractivity contribution in [1.82, 2.24) is 0 Å². The lowest BCUT2D eigenvalue weighted by molar-refractivity contribution is -0.173. The summed E-state index contributed by atoms with van der Waals surface area (Å²) in [6, 6.07) is 0. The molecule has 7 atom stereocenters. The Kier molecular flexibility index (Phi) is 4.52. The molecule has 2 fully saturated rings. The molecule has 7 unspecified atom stereocenters. The highest BCUT2D eigenvalue weighted by Gasteiger charge is 2.64. The van der Waals surface area contributed by atoms with Gasteiger partial charge >= 0.3 is 17.9 Å². The summed E-state index contributed by atoms with van der Waals surface area (Å²) >= 11 is 0. The van der Waals surface area contributed by atoms with Gasteiger partial charge in [-0.2, -0.15) is 0 Å². The van der Waals surface area contributed by atoms with Crippen molar-refractivity contribution < 1.29 is 38.4 Å². The van der Waals surface area contributed by atoms with E-state index in [0.29, 0.717) is 23.1 Å². The quantitative estimate of drug-likeness (QED) is 0.241. The fraction of sp³-hybridized carbons (Fsp3) is 0.591. The number of epoxide rings is 1. The van der Waals surface area contributed by atoms with Crippen LogP contribution in [0.15, 0.2) is 34.9 Å². The normalized spacial score (nSPS) is 42.1. The SMILES string of the molecule is C=C1C(=O)OC2C1C(OC(C)=O)C(OC(=O)C1(C)OC1C)C(C)=C1CC=C(C)C12O. The number of hydrogen-bond acceptors (Lipinski definition) is 8. The van der Waals surface area contributed by atoms with Crippen LogP contribution in [0.1, 0.15) is 41.0 Å². The predicted octanol–water partition coefficient (Wildman–Crippen LogP) is 1.52. The molecule has 4 rings (SSSR count). The minimum atomic E-state index is -1.59. The Balaban J connectivity index is 1.85. The highest BCUT2D eigenvalue weighted by molar-refractivity contribution is 5.92. The highest BCUT2D eigenvalue weighted by Crippen LogP contribution is 2.52. The van der Waals surface area contributed by atoms with E-state index in [-0.39, 0.29) is 11.7 Å². The Morgan fingerprint density at radius 3 is 2.50 bits per heavy atom. The number of esters is 3. The zero-order chi connectivity index (χ0) is 22.2. The summed E-state index contributed by atoms with van der Waals surface area (Å²) in [6.45, 7) is 11.9. The van der Waals surface area contributed by atoms with E-state index in [4.69, 9.17) is 18.9 Å². The summed E-state index contributed by atoms with van der Waals surface area (Å²) in [5.41, 5.74) is -0.862. The number of carbonyl (C=O) groups is 3. The van der Waals surface area contributed by atoms with Gasteiger partial charge in [0.1, 0.15) is 11.7 Å². The monoisotopic (exact) mass is 418 g/mol. The minimum Gasteiger partial charge on any atom is -0.457 e. The molecule has 0 spiro atoms. The van der Waals surface area contributed by atoms with Crippen LogP contribution >= 0.6 is 0 Å². The average molecular weight is 418 g/mol. The number of rotatable bonds is 3. The molecule has 0 radical (unpaired) electrons. The van der Waals surface area contributed by atoms with E-state index in [2.05, 4.69) is 6.58 Å². The van der Waals surface area contributed by atoms with Gasteiger partial charge in [0.25, 0.3) is 0 Å². The lowest BCUT2D eigenvalue weighted by Crippen LogP contribution is -2.50. The van der Waals surface area contributed by atoms with Gasteiger partial charge in [-0.25, -0.2) is 9.59 Å². The Morgan fingerprint density at radius 1 is 1.30 bits per heavy atom. The van der Waals surface area contributed by atoms with Gasteiger partial charge in [0.15, 0.2) is 17.8 Å². The zero-order valence-electron chi connectivity index (χ0n) is 17.7. The predicted molar refractivity (Wildman–Crippen MR) is 103 cm³/mol. The van der Waals surface area contributed by atoms with Gasteiger partial charge in [0, 0.05) is 12.5 Å².